The lowest BCUT2D eigenvalue weighted by atomic mass is 10.0. The number of nitrogens with zero attached hydrogens (tertiary/aromatic N) is 2. The van der Waals surface area contributed by atoms with E-state index in [1.165, 1.54) is 6.07 Å². The summed E-state index contributed by atoms with van der Waals surface area (Å²) in [5.41, 5.74) is 1.34. The summed E-state index contributed by atoms with van der Waals surface area (Å²) in [5, 5.41) is 0. The van der Waals surface area contributed by atoms with Gasteiger partial charge >= 0.3 is 0 Å². The van der Waals surface area contributed by atoms with E-state index in [0.29, 0.717) is 30.7 Å². The van der Waals surface area contributed by atoms with Crippen LogP contribution in [-0.2, 0) is 16.1 Å². The monoisotopic (exact) mass is 352 g/mol. The number of hydrogen-bond acceptors (Lipinski definition) is 4. The van der Waals surface area contributed by atoms with Gasteiger partial charge in [0.1, 0.15) is 11.9 Å². The van der Waals surface area contributed by atoms with E-state index in [-0.39, 0.29) is 6.10 Å². The summed E-state index contributed by atoms with van der Waals surface area (Å²) in [6.07, 6.45) is 0.0956. The maximum atomic E-state index is 13.4. The van der Waals surface area contributed by atoms with Gasteiger partial charge < -0.3 is 4.74 Å². The van der Waals surface area contributed by atoms with Crippen LogP contribution >= 0.6 is 0 Å². The Balaban J connectivity index is 2.16. The minimum atomic E-state index is -2.87. The van der Waals surface area contributed by atoms with Crippen LogP contribution < -0.4 is 0 Å². The Kier molecular flexibility index (Phi) is 6.52. The molecule has 134 valence electrons. The predicted octanol–water partition coefficient (Wildman–Crippen LogP) is 3.82. The van der Waals surface area contributed by atoms with Crippen LogP contribution in [-0.4, -0.2) is 36.1 Å². The van der Waals surface area contributed by atoms with Crippen molar-refractivity contribution in [1.29, 1.82) is 0 Å². The van der Waals surface area contributed by atoms with E-state index in [9.17, 15) is 18.0 Å². The molecule has 7 heteroatoms. The number of aromatic nitrogens is 1. The van der Waals surface area contributed by atoms with E-state index in [1.807, 2.05) is 18.0 Å². The second-order valence-corrected chi connectivity index (χ2v) is 5.86. The summed E-state index contributed by atoms with van der Waals surface area (Å²) in [4.78, 5) is 16.4. The van der Waals surface area contributed by atoms with Gasteiger partial charge in [-0.2, -0.15) is 0 Å². The third kappa shape index (κ3) is 5.29. The van der Waals surface area contributed by atoms with Crippen molar-refractivity contribution in [3.8, 4) is 11.1 Å². The SMILES string of the molecule is C[C@H](CN(C)Cc1cncc(-c2ccc(F)c(C(F)F)c2)c1)OC=O. The average molecular weight is 352 g/mol. The first-order chi connectivity index (χ1) is 11.9. The van der Waals surface area contributed by atoms with Crippen molar-refractivity contribution >= 4 is 6.47 Å². The summed E-state index contributed by atoms with van der Waals surface area (Å²) in [6, 6.07) is 5.45. The smallest absolute Gasteiger partial charge is 0.293 e. The maximum absolute atomic E-state index is 13.4. The first-order valence-corrected chi connectivity index (χ1v) is 7.70. The number of hydrogen-bond donors (Lipinski definition) is 0. The lowest BCUT2D eigenvalue weighted by Gasteiger charge is -2.20. The first-order valence-electron chi connectivity index (χ1n) is 7.70. The molecule has 1 aromatic heterocycles. The number of carbonyl (C=O) groups is 1. The van der Waals surface area contributed by atoms with Crippen molar-refractivity contribution in [2.45, 2.75) is 26.0 Å². The average Bonchev–Trinajstić information content (AvgIpc) is 2.55. The summed E-state index contributed by atoms with van der Waals surface area (Å²) in [6.45, 7) is 3.27. The van der Waals surface area contributed by atoms with Crippen LogP contribution in [0.25, 0.3) is 11.1 Å². The van der Waals surface area contributed by atoms with Gasteiger partial charge in [0.05, 0.1) is 5.56 Å². The molecule has 2 rings (SSSR count). The van der Waals surface area contributed by atoms with Gasteiger partial charge in [-0.25, -0.2) is 13.2 Å². The van der Waals surface area contributed by atoms with Crippen molar-refractivity contribution in [1.82, 2.24) is 9.88 Å². The van der Waals surface area contributed by atoms with E-state index < -0.39 is 17.8 Å². The predicted molar refractivity (Wildman–Crippen MR) is 87.5 cm³/mol. The van der Waals surface area contributed by atoms with Crippen LogP contribution in [0.2, 0.25) is 0 Å². The highest BCUT2D eigenvalue weighted by atomic mass is 19.3. The quantitative estimate of drug-likeness (QED) is 0.678. The van der Waals surface area contributed by atoms with E-state index in [0.717, 1.165) is 17.7 Å². The van der Waals surface area contributed by atoms with Crippen molar-refractivity contribution in [3.05, 3.63) is 53.6 Å². The van der Waals surface area contributed by atoms with Crippen LogP contribution in [0.1, 0.15) is 24.5 Å². The highest BCUT2D eigenvalue weighted by Gasteiger charge is 2.15. The number of benzene rings is 1. The lowest BCUT2D eigenvalue weighted by Crippen LogP contribution is -2.28. The number of likely N-dealkylation sites (N-methyl/N-ethyl adjacent to an activating group) is 1. The zero-order valence-electron chi connectivity index (χ0n) is 14.0. The summed E-state index contributed by atoms with van der Waals surface area (Å²) in [7, 11) is 1.87. The molecule has 0 aliphatic carbocycles. The molecule has 0 unspecified atom stereocenters. The third-order valence-electron chi connectivity index (χ3n) is 3.67. The standard InChI is InChI=1S/C18H19F3N2O2/c1-12(25-11-24)9-23(2)10-13-5-15(8-22-7-13)14-3-4-17(19)16(6-14)18(20)21/h3-8,11-12,18H,9-10H2,1-2H3/t12-/m1/s1. The fourth-order valence-electron chi connectivity index (χ4n) is 2.58. The van der Waals surface area contributed by atoms with Gasteiger partial charge in [0.15, 0.2) is 0 Å². The van der Waals surface area contributed by atoms with Gasteiger partial charge in [-0.15, -0.1) is 0 Å². The van der Waals surface area contributed by atoms with E-state index >= 15 is 0 Å². The molecule has 0 spiro atoms. The molecule has 0 radical (unpaired) electrons. The Morgan fingerprint density at radius 1 is 1.24 bits per heavy atom. The van der Waals surface area contributed by atoms with E-state index in [1.54, 1.807) is 19.3 Å². The van der Waals surface area contributed by atoms with Gasteiger partial charge in [0.25, 0.3) is 12.9 Å². The zero-order chi connectivity index (χ0) is 18.4. The molecule has 0 saturated heterocycles. The largest absolute Gasteiger partial charge is 0.464 e. The molecule has 0 N–H and O–H groups in total. The van der Waals surface area contributed by atoms with Crippen molar-refractivity contribution in [2.24, 2.45) is 0 Å². The molecule has 0 bridgehead atoms. The van der Waals surface area contributed by atoms with Crippen LogP contribution in [0.15, 0.2) is 36.7 Å². The molecule has 0 fully saturated rings. The molecule has 2 aromatic rings. The number of pyridine rings is 1. The number of ether oxygens (including phenoxy) is 1. The normalized spacial score (nSPS) is 12.4. The molecule has 0 aliphatic rings. The maximum Gasteiger partial charge on any atom is 0.293 e. The Morgan fingerprint density at radius 3 is 2.68 bits per heavy atom. The number of halogens is 3. The van der Waals surface area contributed by atoms with Crippen molar-refractivity contribution < 1.29 is 22.7 Å². The summed E-state index contributed by atoms with van der Waals surface area (Å²) < 4.78 is 44.0. The Hall–Kier alpha value is -2.41. The molecule has 1 aromatic carbocycles. The first kappa shape index (κ1) is 18.9. The van der Waals surface area contributed by atoms with Gasteiger partial charge in [-0.1, -0.05) is 6.07 Å². The second-order valence-electron chi connectivity index (χ2n) is 5.86. The molecule has 0 aliphatic heterocycles. The van der Waals surface area contributed by atoms with Gasteiger partial charge in [-0.3, -0.25) is 14.7 Å². The summed E-state index contributed by atoms with van der Waals surface area (Å²) >= 11 is 0. The molecule has 1 atom stereocenters. The van der Waals surface area contributed by atoms with Crippen LogP contribution in [0.5, 0.6) is 0 Å². The minimum absolute atomic E-state index is 0.246. The molecule has 1 heterocycles. The Morgan fingerprint density at radius 2 is 2.00 bits per heavy atom. The molecule has 4 nitrogen and oxygen atoms in total. The van der Waals surface area contributed by atoms with Crippen LogP contribution in [0, 0.1) is 5.82 Å². The highest BCUT2D eigenvalue weighted by Crippen LogP contribution is 2.28. The van der Waals surface area contributed by atoms with Crippen LogP contribution in [0.4, 0.5) is 13.2 Å². The van der Waals surface area contributed by atoms with Crippen LogP contribution in [0.3, 0.4) is 0 Å². The van der Waals surface area contributed by atoms with Gasteiger partial charge in [-0.05, 0) is 43.3 Å². The van der Waals surface area contributed by atoms with Gasteiger partial charge in [0, 0.05) is 31.0 Å². The molecular formula is C18H19F3N2O2. The fourth-order valence-corrected chi connectivity index (χ4v) is 2.58. The number of alkyl halides is 2. The minimum Gasteiger partial charge on any atom is -0.464 e. The Bertz CT molecular complexity index is 725. The van der Waals surface area contributed by atoms with Gasteiger partial charge in [0.2, 0.25) is 0 Å². The highest BCUT2D eigenvalue weighted by molar-refractivity contribution is 5.64. The van der Waals surface area contributed by atoms with E-state index in [4.69, 9.17) is 4.74 Å². The van der Waals surface area contributed by atoms with E-state index in [2.05, 4.69) is 4.98 Å². The van der Waals surface area contributed by atoms with Crippen molar-refractivity contribution in [3.63, 3.8) is 0 Å². The number of carbonyl (C=O) groups excluding carboxylic acids is 1. The molecule has 0 amide bonds. The lowest BCUT2D eigenvalue weighted by molar-refractivity contribution is -0.133. The topological polar surface area (TPSA) is 42.4 Å². The zero-order valence-corrected chi connectivity index (χ0v) is 14.0. The number of rotatable bonds is 8. The fraction of sp³-hybridized carbons (Fsp3) is 0.333. The molecular weight excluding hydrogens is 333 g/mol. The molecule has 0 saturated carbocycles. The molecule has 25 heavy (non-hydrogen) atoms. The summed E-state index contributed by atoms with van der Waals surface area (Å²) in [5.74, 6) is -0.924. The van der Waals surface area contributed by atoms with Crippen molar-refractivity contribution in [2.75, 3.05) is 13.6 Å². The third-order valence-corrected chi connectivity index (χ3v) is 3.67. The Labute approximate surface area is 144 Å². The second kappa shape index (κ2) is 8.62.